The molecule has 2 aliphatic rings. The Kier molecular flexibility index (Phi) is 6.68. The van der Waals surface area contributed by atoms with Crippen LogP contribution in [0.15, 0.2) is 24.3 Å². The summed E-state index contributed by atoms with van der Waals surface area (Å²) in [5.74, 6) is 0.836. The molecule has 1 saturated heterocycles. The number of rotatable bonds is 8. The van der Waals surface area contributed by atoms with Gasteiger partial charge in [0, 0.05) is 12.5 Å². The van der Waals surface area contributed by atoms with E-state index in [0.717, 1.165) is 24.2 Å². The number of aliphatic hydroxyl groups is 1. The molecule has 0 bridgehead atoms. The van der Waals surface area contributed by atoms with Crippen LogP contribution in [-0.4, -0.2) is 48.9 Å². The van der Waals surface area contributed by atoms with Gasteiger partial charge in [-0.3, -0.25) is 9.59 Å². The minimum Gasteiger partial charge on any atom is -0.497 e. The van der Waals surface area contributed by atoms with E-state index in [9.17, 15) is 14.7 Å². The Balaban J connectivity index is 1.43. The van der Waals surface area contributed by atoms with Gasteiger partial charge in [0.25, 0.3) is 0 Å². The van der Waals surface area contributed by atoms with Crippen molar-refractivity contribution in [3.8, 4) is 5.75 Å². The molecule has 1 aliphatic heterocycles. The first kappa shape index (κ1) is 19.6. The van der Waals surface area contributed by atoms with Crippen LogP contribution in [0, 0.1) is 5.92 Å². The molecule has 1 aromatic rings. The van der Waals surface area contributed by atoms with Gasteiger partial charge in [-0.15, -0.1) is 0 Å². The first-order chi connectivity index (χ1) is 13.1. The van der Waals surface area contributed by atoms with Gasteiger partial charge >= 0.3 is 0 Å². The number of aliphatic hydroxyl groups excluding tert-OH is 1. The Morgan fingerprint density at radius 1 is 1.26 bits per heavy atom. The fourth-order valence-electron chi connectivity index (χ4n) is 3.36. The molecule has 7 heteroatoms. The molecule has 0 spiro atoms. The predicted octanol–water partition coefficient (Wildman–Crippen LogP) is 1.14. The summed E-state index contributed by atoms with van der Waals surface area (Å²) in [7, 11) is 1.61. The normalized spacial score (nSPS) is 24.9. The van der Waals surface area contributed by atoms with Gasteiger partial charge in [0.05, 0.1) is 32.3 Å². The molecule has 0 unspecified atom stereocenters. The van der Waals surface area contributed by atoms with Gasteiger partial charge in [-0.25, -0.2) is 0 Å². The lowest BCUT2D eigenvalue weighted by Crippen LogP contribution is -2.51. The van der Waals surface area contributed by atoms with Crippen molar-refractivity contribution in [2.45, 2.75) is 56.9 Å². The second-order valence-corrected chi connectivity index (χ2v) is 7.28. The van der Waals surface area contributed by atoms with E-state index < -0.39 is 6.10 Å². The summed E-state index contributed by atoms with van der Waals surface area (Å²) in [5, 5.41) is 15.5. The molecule has 2 amide bonds. The molecule has 1 aromatic carbocycles. The van der Waals surface area contributed by atoms with Gasteiger partial charge in [-0.1, -0.05) is 12.1 Å². The minimum atomic E-state index is -0.461. The third-order valence-electron chi connectivity index (χ3n) is 5.11. The number of hydrogen-bond acceptors (Lipinski definition) is 5. The maximum Gasteiger partial charge on any atom is 0.223 e. The summed E-state index contributed by atoms with van der Waals surface area (Å²) in [4.78, 5) is 24.2. The van der Waals surface area contributed by atoms with Crippen LogP contribution in [0.3, 0.4) is 0 Å². The fraction of sp³-hybridized carbons (Fsp3) is 0.600. The molecular weight excluding hydrogens is 348 g/mol. The van der Waals surface area contributed by atoms with Crippen molar-refractivity contribution in [2.24, 2.45) is 5.92 Å². The summed E-state index contributed by atoms with van der Waals surface area (Å²) in [6.07, 6.45) is 2.80. The molecular formula is C20H28N2O5. The molecule has 3 rings (SSSR count). The lowest BCUT2D eigenvalue weighted by Gasteiger charge is -2.36. The van der Waals surface area contributed by atoms with Gasteiger partial charge in [-0.2, -0.15) is 0 Å². The van der Waals surface area contributed by atoms with Crippen molar-refractivity contribution < 1.29 is 24.2 Å². The highest BCUT2D eigenvalue weighted by atomic mass is 16.5. The average Bonchev–Trinajstić information content (AvgIpc) is 3.53. The molecule has 148 valence electrons. The van der Waals surface area contributed by atoms with Crippen LogP contribution in [0.1, 0.15) is 37.7 Å². The van der Waals surface area contributed by atoms with Crippen molar-refractivity contribution in [2.75, 3.05) is 13.7 Å². The third kappa shape index (κ3) is 5.68. The number of ether oxygens (including phenoxy) is 2. The molecule has 0 aromatic heterocycles. The first-order valence-electron chi connectivity index (χ1n) is 9.55. The standard InChI is InChI=1S/C20H28N2O5/c1-26-15-4-2-3-13(9-15)11-21-19(24)10-16-7-8-17(18(12-23)27-16)22-20(25)14-5-6-14/h2-4,9,14,16-18,23H,5-8,10-12H2,1H3,(H,21,24)(H,22,25)/t16-,17-,18-/m1/s1. The summed E-state index contributed by atoms with van der Waals surface area (Å²) in [6.45, 7) is 0.254. The van der Waals surface area contributed by atoms with E-state index >= 15 is 0 Å². The van der Waals surface area contributed by atoms with Crippen LogP contribution in [0.4, 0.5) is 0 Å². The monoisotopic (exact) mass is 376 g/mol. The number of methoxy groups -OCH3 is 1. The smallest absolute Gasteiger partial charge is 0.223 e. The largest absolute Gasteiger partial charge is 0.497 e. The lowest BCUT2D eigenvalue weighted by atomic mass is 9.96. The number of amides is 2. The molecule has 7 nitrogen and oxygen atoms in total. The van der Waals surface area contributed by atoms with Crippen molar-refractivity contribution in [1.82, 2.24) is 10.6 Å². The fourth-order valence-corrected chi connectivity index (χ4v) is 3.36. The molecule has 1 heterocycles. The van der Waals surface area contributed by atoms with E-state index in [1.165, 1.54) is 0 Å². The second kappa shape index (κ2) is 9.19. The van der Waals surface area contributed by atoms with Gasteiger partial charge < -0.3 is 25.2 Å². The number of nitrogens with one attached hydrogen (secondary N) is 2. The van der Waals surface area contributed by atoms with Crippen molar-refractivity contribution in [3.63, 3.8) is 0 Å². The van der Waals surface area contributed by atoms with Crippen LogP contribution >= 0.6 is 0 Å². The van der Waals surface area contributed by atoms with Crippen LogP contribution in [0.5, 0.6) is 5.75 Å². The third-order valence-corrected chi connectivity index (χ3v) is 5.11. The number of carbonyl (C=O) groups is 2. The highest BCUT2D eigenvalue weighted by molar-refractivity contribution is 5.81. The van der Waals surface area contributed by atoms with Gasteiger partial charge in [0.1, 0.15) is 11.9 Å². The van der Waals surface area contributed by atoms with Crippen LogP contribution < -0.4 is 15.4 Å². The zero-order chi connectivity index (χ0) is 19.2. The minimum absolute atomic E-state index is 0.0523. The lowest BCUT2D eigenvalue weighted by molar-refractivity contribution is -0.136. The van der Waals surface area contributed by atoms with Crippen LogP contribution in [0.25, 0.3) is 0 Å². The average molecular weight is 376 g/mol. The summed E-state index contributed by atoms with van der Waals surface area (Å²) >= 11 is 0. The molecule has 1 saturated carbocycles. The van der Waals surface area contributed by atoms with E-state index in [1.54, 1.807) is 7.11 Å². The van der Waals surface area contributed by atoms with Gasteiger partial charge in [0.2, 0.25) is 11.8 Å². The zero-order valence-electron chi connectivity index (χ0n) is 15.6. The van der Waals surface area contributed by atoms with E-state index in [-0.39, 0.29) is 42.9 Å². The number of hydrogen-bond donors (Lipinski definition) is 3. The Morgan fingerprint density at radius 3 is 2.78 bits per heavy atom. The second-order valence-electron chi connectivity index (χ2n) is 7.28. The predicted molar refractivity (Wildman–Crippen MR) is 99.1 cm³/mol. The SMILES string of the molecule is COc1cccc(CNC(=O)C[C@H]2CC[C@@H](NC(=O)C3CC3)[C@@H](CO)O2)c1. The molecule has 3 N–H and O–H groups in total. The van der Waals surface area contributed by atoms with Gasteiger partial charge in [-0.05, 0) is 43.4 Å². The quantitative estimate of drug-likeness (QED) is 0.632. The Labute approximate surface area is 159 Å². The van der Waals surface area contributed by atoms with Crippen LogP contribution in [-0.2, 0) is 20.9 Å². The topological polar surface area (TPSA) is 96.9 Å². The molecule has 2 fully saturated rings. The maximum absolute atomic E-state index is 12.2. The van der Waals surface area contributed by atoms with E-state index in [0.29, 0.717) is 19.4 Å². The Morgan fingerprint density at radius 2 is 2.07 bits per heavy atom. The van der Waals surface area contributed by atoms with Gasteiger partial charge in [0.15, 0.2) is 0 Å². The summed E-state index contributed by atoms with van der Waals surface area (Å²) in [6, 6.07) is 7.36. The van der Waals surface area contributed by atoms with E-state index in [1.807, 2.05) is 24.3 Å². The summed E-state index contributed by atoms with van der Waals surface area (Å²) < 4.78 is 11.0. The Hall–Kier alpha value is -2.12. The van der Waals surface area contributed by atoms with E-state index in [2.05, 4.69) is 10.6 Å². The highest BCUT2D eigenvalue weighted by Gasteiger charge is 2.36. The van der Waals surface area contributed by atoms with Crippen molar-refractivity contribution >= 4 is 11.8 Å². The maximum atomic E-state index is 12.2. The molecule has 0 radical (unpaired) electrons. The van der Waals surface area contributed by atoms with Crippen LogP contribution in [0.2, 0.25) is 0 Å². The summed E-state index contributed by atoms with van der Waals surface area (Å²) in [5.41, 5.74) is 0.961. The zero-order valence-corrected chi connectivity index (χ0v) is 15.6. The molecule has 27 heavy (non-hydrogen) atoms. The molecule has 1 aliphatic carbocycles. The van der Waals surface area contributed by atoms with Crippen molar-refractivity contribution in [3.05, 3.63) is 29.8 Å². The number of carbonyl (C=O) groups excluding carboxylic acids is 2. The van der Waals surface area contributed by atoms with Crippen molar-refractivity contribution in [1.29, 1.82) is 0 Å². The first-order valence-corrected chi connectivity index (χ1v) is 9.55. The number of benzene rings is 1. The van der Waals surface area contributed by atoms with E-state index in [4.69, 9.17) is 9.47 Å². The highest BCUT2D eigenvalue weighted by Crippen LogP contribution is 2.30. The Bertz CT molecular complexity index is 662. The molecule has 3 atom stereocenters.